The quantitative estimate of drug-likeness (QED) is 0.0258. The van der Waals surface area contributed by atoms with E-state index >= 15 is 0 Å². The van der Waals surface area contributed by atoms with Gasteiger partial charge >= 0.3 is 30.0 Å². The van der Waals surface area contributed by atoms with Gasteiger partial charge in [0.1, 0.15) is 17.6 Å². The average molecular weight is 1210 g/mol. The molecule has 0 bridgehead atoms. The minimum atomic E-state index is -4.86. The number of rotatable bonds is 17. The molecule has 4 N–H and O–H groups in total. The number of nitrogens with two attached hydrogens (primary N) is 1. The highest BCUT2D eigenvalue weighted by Crippen LogP contribution is 2.43. The largest absolute Gasteiger partial charge is 0.480 e. The number of ketones is 1. The van der Waals surface area contributed by atoms with Crippen LogP contribution in [0.25, 0.3) is 5.69 Å². The normalized spacial score (nSPS) is 13.9. The molecule has 440 valence electrons. The molecule has 2 heterocycles. The van der Waals surface area contributed by atoms with Gasteiger partial charge in [0, 0.05) is 50.8 Å². The number of halogens is 8. The second kappa shape index (κ2) is 28.5. The molecule has 80 heavy (non-hydrogen) atoms. The fourth-order valence-corrected chi connectivity index (χ4v) is 9.42. The number of para-hydroxylation sites is 1. The first-order valence-electron chi connectivity index (χ1n) is 24.0. The number of hydrogen-bond acceptors (Lipinski definition) is 14. The maximum absolute atomic E-state index is 12.9. The van der Waals surface area contributed by atoms with E-state index in [0.717, 1.165) is 61.5 Å². The number of carboxylic acid groups (broad SMARTS) is 1. The molecule has 1 amide bonds. The highest BCUT2D eigenvalue weighted by molar-refractivity contribution is 7.90. The van der Waals surface area contributed by atoms with Crippen molar-refractivity contribution in [2.75, 3.05) is 43.6 Å². The van der Waals surface area contributed by atoms with E-state index in [0.29, 0.717) is 39.7 Å². The zero-order valence-electron chi connectivity index (χ0n) is 44.6. The van der Waals surface area contributed by atoms with Crippen LogP contribution in [0.15, 0.2) is 85.9 Å². The summed E-state index contributed by atoms with van der Waals surface area (Å²) < 4.78 is 128. The molecule has 0 saturated heterocycles. The minimum absolute atomic E-state index is 0.0104. The van der Waals surface area contributed by atoms with Gasteiger partial charge in [0.05, 0.1) is 62.9 Å². The molecule has 3 atom stereocenters. The van der Waals surface area contributed by atoms with Crippen molar-refractivity contribution >= 4 is 69.7 Å². The van der Waals surface area contributed by atoms with Crippen LogP contribution in [0.2, 0.25) is 5.02 Å². The third-order valence-corrected chi connectivity index (χ3v) is 14.3. The van der Waals surface area contributed by atoms with Crippen LogP contribution in [0.1, 0.15) is 107 Å². The van der Waals surface area contributed by atoms with Gasteiger partial charge in [0.25, 0.3) is 5.56 Å². The van der Waals surface area contributed by atoms with Crippen LogP contribution in [0.3, 0.4) is 0 Å². The summed E-state index contributed by atoms with van der Waals surface area (Å²) in [6.07, 6.45) is -5.57. The number of carbonyl (C=O) groups excluding carboxylic acids is 3. The molecule has 0 aliphatic heterocycles. The van der Waals surface area contributed by atoms with E-state index in [-0.39, 0.29) is 63.7 Å². The van der Waals surface area contributed by atoms with Crippen LogP contribution in [-0.2, 0) is 59.3 Å². The number of esters is 1. The number of alkyl halides is 7. The number of amides is 1. The van der Waals surface area contributed by atoms with E-state index < -0.39 is 86.8 Å². The number of sulfone groups is 1. The minimum Gasteiger partial charge on any atom is -0.480 e. The lowest BCUT2D eigenvalue weighted by Gasteiger charge is -2.31. The first-order valence-corrected chi connectivity index (χ1v) is 29.1. The van der Waals surface area contributed by atoms with Crippen LogP contribution >= 0.6 is 30.6 Å². The smallest absolute Gasteiger partial charge is 0.431 e. The zero-order chi connectivity index (χ0) is 61.0. The average Bonchev–Trinajstić information content (AvgIpc) is 4.09. The van der Waals surface area contributed by atoms with Crippen LogP contribution < -0.4 is 21.9 Å². The highest BCUT2D eigenvalue weighted by atomic mass is 35.5. The number of nitrogens with zero attached hydrogens (tertiary/aromatic N) is 4. The molecule has 1 saturated carbocycles. The van der Waals surface area contributed by atoms with E-state index in [9.17, 15) is 68.1 Å². The number of ether oxygens (including phenoxy) is 2. The highest BCUT2D eigenvalue weighted by Gasteiger charge is 2.37. The van der Waals surface area contributed by atoms with Crippen molar-refractivity contribution in [3.63, 3.8) is 0 Å². The number of aliphatic carboxylic acids is 1. The van der Waals surface area contributed by atoms with E-state index in [2.05, 4.69) is 18.1 Å². The SMILES string of the molecule is CC(C)OC(=O)c1cc(-n2c(=O)cc(C(F)(F)F)n(C)c2=O)ccc1Cl.CCc1cccc(C)c1N(C(=O)CCl)C(C)COC.CP(=O)(O)CCC(N)C(=O)O.CS(=O)(=O)c1cc(C(F)(F)F)ccc1C(=O)c1cnoc1C1CC1. The lowest BCUT2D eigenvalue weighted by atomic mass is 10.0. The summed E-state index contributed by atoms with van der Waals surface area (Å²) in [4.78, 5) is 81.3. The third-order valence-electron chi connectivity index (χ3n) is 11.5. The number of aryl methyl sites for hydroxylation is 2. The number of carboxylic acids is 1. The fourth-order valence-electron chi connectivity index (χ4n) is 7.44. The van der Waals surface area contributed by atoms with E-state index in [1.54, 1.807) is 25.9 Å². The molecular formula is C51H60Cl2F6N5O14PS. The Kier molecular flexibility index (Phi) is 24.3. The van der Waals surface area contributed by atoms with Gasteiger partial charge in [-0.05, 0) is 101 Å². The Morgan fingerprint density at radius 3 is 2.10 bits per heavy atom. The van der Waals surface area contributed by atoms with Gasteiger partial charge in [-0.25, -0.2) is 22.6 Å². The molecule has 19 nitrogen and oxygen atoms in total. The lowest BCUT2D eigenvalue weighted by Crippen LogP contribution is -2.43. The molecule has 3 unspecified atom stereocenters. The number of benzene rings is 3. The van der Waals surface area contributed by atoms with Gasteiger partial charge < -0.3 is 34.6 Å². The van der Waals surface area contributed by atoms with Crippen LogP contribution in [-0.4, -0.2) is 113 Å². The monoisotopic (exact) mass is 1210 g/mol. The Hall–Kier alpha value is -6.15. The topological polar surface area (TPSA) is 278 Å². The molecule has 29 heteroatoms. The van der Waals surface area contributed by atoms with Gasteiger partial charge in [-0.2, -0.15) is 26.3 Å². The molecule has 3 aromatic carbocycles. The van der Waals surface area contributed by atoms with Crippen molar-refractivity contribution in [3.8, 4) is 5.69 Å². The van der Waals surface area contributed by atoms with Crippen molar-refractivity contribution in [2.24, 2.45) is 12.8 Å². The van der Waals surface area contributed by atoms with Gasteiger partial charge in [-0.3, -0.25) is 28.3 Å². The van der Waals surface area contributed by atoms with Crippen molar-refractivity contribution in [1.29, 1.82) is 0 Å². The maximum atomic E-state index is 12.9. The zero-order valence-corrected chi connectivity index (χ0v) is 47.9. The predicted octanol–water partition coefficient (Wildman–Crippen LogP) is 8.83. The third kappa shape index (κ3) is 19.0. The standard InChI is InChI=1S/C16H14ClF3N2O4.C15H22ClNO2.C15H12F3NO4S.C5H12NO4P/c1-8(2)26-14(24)10-6-9(4-5-11(10)17)22-13(23)7-12(16(18,19)20)21(3)15(22)25;1-5-13-8-6-7-11(2)15(13)17(14(18)9-16)12(3)10-19-4;1-24(21,22)12-6-9(15(16,17)18)4-5-10(12)13(20)11-7-19-23-14(11)8-2-3-8;1-11(9,10)3-2-4(6)5(7)8/h4-8H,1-3H3;6-8,12H,5,9-10H2,1-4H3;4-8H,2-3H2,1H3;4H,2-3,6H2,1H3,(H,7,8)(H,9,10). The molecule has 6 rings (SSSR count). The summed E-state index contributed by atoms with van der Waals surface area (Å²) in [5.41, 5.74) is 2.93. The molecule has 5 aromatic rings. The van der Waals surface area contributed by atoms with Crippen molar-refractivity contribution in [1.82, 2.24) is 14.3 Å². The Labute approximate surface area is 465 Å². The van der Waals surface area contributed by atoms with Crippen molar-refractivity contribution in [2.45, 2.75) is 102 Å². The summed E-state index contributed by atoms with van der Waals surface area (Å²) >= 11 is 11.7. The first-order chi connectivity index (χ1) is 36.9. The first kappa shape index (κ1) is 68.1. The van der Waals surface area contributed by atoms with Crippen LogP contribution in [0.4, 0.5) is 32.0 Å². The van der Waals surface area contributed by atoms with Gasteiger partial charge in [-0.1, -0.05) is 41.9 Å². The van der Waals surface area contributed by atoms with E-state index in [1.165, 1.54) is 25.0 Å². The van der Waals surface area contributed by atoms with E-state index in [1.807, 2.05) is 26.0 Å². The van der Waals surface area contributed by atoms with Crippen LogP contribution in [0, 0.1) is 6.92 Å². The number of anilines is 1. The Bertz CT molecular complexity index is 3320. The van der Waals surface area contributed by atoms with Gasteiger partial charge in [-0.15, -0.1) is 11.6 Å². The predicted molar refractivity (Wildman–Crippen MR) is 285 cm³/mol. The number of carbonyl (C=O) groups is 4. The molecule has 1 aliphatic rings. The number of hydrogen-bond donors (Lipinski definition) is 3. The summed E-state index contributed by atoms with van der Waals surface area (Å²) in [6.45, 7) is 11.0. The van der Waals surface area contributed by atoms with Gasteiger partial charge in [0.15, 0.2) is 28.7 Å². The number of aromatic nitrogens is 3. The Morgan fingerprint density at radius 1 is 0.975 bits per heavy atom. The van der Waals surface area contributed by atoms with E-state index in [4.69, 9.17) is 52.9 Å². The summed E-state index contributed by atoms with van der Waals surface area (Å²) in [5, 5.41) is 11.8. The van der Waals surface area contributed by atoms with Crippen molar-refractivity contribution < 1.29 is 82.5 Å². The molecule has 1 aliphatic carbocycles. The molecule has 1 fully saturated rings. The fraction of sp³-hybridized carbons (Fsp3) is 0.431. The lowest BCUT2D eigenvalue weighted by molar-refractivity contribution is -0.144. The van der Waals surface area contributed by atoms with Gasteiger partial charge in [0.2, 0.25) is 5.91 Å². The van der Waals surface area contributed by atoms with Crippen molar-refractivity contribution in [3.05, 3.63) is 138 Å². The summed E-state index contributed by atoms with van der Waals surface area (Å²) in [5.74, 6) is -2.36. The molecule has 0 radical (unpaired) electrons. The summed E-state index contributed by atoms with van der Waals surface area (Å²) in [6, 6.07) is 11.0. The number of methoxy groups -OCH3 is 1. The molecule has 0 spiro atoms. The molecular weight excluding hydrogens is 1150 g/mol. The van der Waals surface area contributed by atoms with Crippen LogP contribution in [0.5, 0.6) is 0 Å². The Morgan fingerprint density at radius 2 is 1.60 bits per heavy atom. The summed E-state index contributed by atoms with van der Waals surface area (Å²) in [7, 11) is -4.61. The second-order valence-electron chi connectivity index (χ2n) is 18.5. The Balaban J connectivity index is 0.000000291. The molecule has 2 aromatic heterocycles. The second-order valence-corrected chi connectivity index (χ2v) is 23.7. The maximum Gasteiger partial charge on any atom is 0.431 e.